The van der Waals surface area contributed by atoms with Crippen LogP contribution in [0.3, 0.4) is 0 Å². The maximum Gasteiger partial charge on any atom is 0.250 e. The number of hydrogen-bond donors (Lipinski definition) is 2. The summed E-state index contributed by atoms with van der Waals surface area (Å²) in [5, 5.41) is 6.42. The zero-order chi connectivity index (χ0) is 11.9. The van der Waals surface area contributed by atoms with Crippen molar-refractivity contribution in [2.45, 2.75) is 38.1 Å². The number of carbonyl (C=O) groups is 1. The topological polar surface area (TPSA) is 54.0 Å². The third kappa shape index (κ3) is 1.68. The molecular formula is C13H17N3O. The lowest BCUT2D eigenvalue weighted by Crippen LogP contribution is -2.54. The summed E-state index contributed by atoms with van der Waals surface area (Å²) in [5.41, 5.74) is 1.39. The van der Waals surface area contributed by atoms with Crippen molar-refractivity contribution in [1.29, 1.82) is 0 Å². The van der Waals surface area contributed by atoms with Gasteiger partial charge in [0.05, 0.1) is 17.6 Å². The van der Waals surface area contributed by atoms with Crippen LogP contribution in [-0.4, -0.2) is 16.4 Å². The fourth-order valence-electron chi connectivity index (χ4n) is 3.03. The molecule has 1 aromatic rings. The van der Waals surface area contributed by atoms with E-state index in [0.29, 0.717) is 5.92 Å². The molecule has 0 radical (unpaired) electrons. The number of rotatable bonds is 0. The predicted octanol–water partition coefficient (Wildman–Crippen LogP) is 2.39. The highest BCUT2D eigenvalue weighted by molar-refractivity contribution is 6.05. The molecular weight excluding hydrogens is 214 g/mol. The van der Waals surface area contributed by atoms with Gasteiger partial charge in [0.2, 0.25) is 5.91 Å². The Morgan fingerprint density at radius 2 is 2.35 bits per heavy atom. The van der Waals surface area contributed by atoms with Gasteiger partial charge in [-0.3, -0.25) is 9.78 Å². The van der Waals surface area contributed by atoms with Crippen LogP contribution in [0, 0.1) is 5.92 Å². The van der Waals surface area contributed by atoms with Crippen molar-refractivity contribution in [1.82, 2.24) is 4.98 Å². The summed E-state index contributed by atoms with van der Waals surface area (Å²) in [7, 11) is 0. The molecule has 90 valence electrons. The Morgan fingerprint density at radius 3 is 3.18 bits per heavy atom. The van der Waals surface area contributed by atoms with E-state index in [0.717, 1.165) is 30.6 Å². The highest BCUT2D eigenvalue weighted by Crippen LogP contribution is 2.40. The summed E-state index contributed by atoms with van der Waals surface area (Å²) in [6.45, 7) is 2.22. The molecule has 1 saturated carbocycles. The maximum atomic E-state index is 12.3. The molecule has 2 aliphatic rings. The molecule has 4 heteroatoms. The van der Waals surface area contributed by atoms with Crippen molar-refractivity contribution < 1.29 is 4.79 Å². The third-order valence-corrected chi connectivity index (χ3v) is 3.88. The standard InChI is InChI=1S/C13H17N3O/c1-9-3-2-5-13(7-9)12(17)15-11-8-14-6-4-10(11)16-13/h4,6,8-9,16H,2-3,5,7H2,1H3,(H,15,17). The minimum atomic E-state index is -0.397. The maximum absolute atomic E-state index is 12.3. The second-order valence-electron chi connectivity index (χ2n) is 5.28. The number of hydrogen-bond acceptors (Lipinski definition) is 3. The van der Waals surface area contributed by atoms with E-state index in [9.17, 15) is 4.79 Å². The average Bonchev–Trinajstić information content (AvgIpc) is 2.31. The van der Waals surface area contributed by atoms with E-state index in [2.05, 4.69) is 22.5 Å². The molecule has 0 aromatic carbocycles. The Morgan fingerprint density at radius 1 is 1.47 bits per heavy atom. The average molecular weight is 231 g/mol. The van der Waals surface area contributed by atoms with Crippen molar-refractivity contribution >= 4 is 17.3 Å². The molecule has 17 heavy (non-hydrogen) atoms. The van der Waals surface area contributed by atoms with Crippen LogP contribution in [0.2, 0.25) is 0 Å². The SMILES string of the molecule is CC1CCCC2(C1)Nc1ccncc1NC2=O. The largest absolute Gasteiger partial charge is 0.369 e. The summed E-state index contributed by atoms with van der Waals surface area (Å²) in [4.78, 5) is 16.3. The molecule has 2 heterocycles. The summed E-state index contributed by atoms with van der Waals surface area (Å²) in [5.74, 6) is 0.704. The van der Waals surface area contributed by atoms with Gasteiger partial charge in [-0.25, -0.2) is 0 Å². The zero-order valence-electron chi connectivity index (χ0n) is 9.99. The summed E-state index contributed by atoms with van der Waals surface area (Å²) < 4.78 is 0. The fraction of sp³-hybridized carbons (Fsp3) is 0.538. The first-order chi connectivity index (χ1) is 8.20. The number of nitrogens with one attached hydrogen (secondary N) is 2. The normalized spacial score (nSPS) is 31.6. The molecule has 0 bridgehead atoms. The van der Waals surface area contributed by atoms with Crippen molar-refractivity contribution in [2.75, 3.05) is 10.6 Å². The van der Waals surface area contributed by atoms with Gasteiger partial charge >= 0.3 is 0 Å². The lowest BCUT2D eigenvalue weighted by atomic mass is 9.75. The Labute approximate surface area is 101 Å². The van der Waals surface area contributed by atoms with Gasteiger partial charge < -0.3 is 10.6 Å². The van der Waals surface area contributed by atoms with E-state index in [1.807, 2.05) is 6.07 Å². The van der Waals surface area contributed by atoms with E-state index in [4.69, 9.17) is 0 Å². The smallest absolute Gasteiger partial charge is 0.250 e. The Kier molecular flexibility index (Phi) is 2.31. The van der Waals surface area contributed by atoms with Gasteiger partial charge in [-0.1, -0.05) is 19.8 Å². The molecule has 2 N–H and O–H groups in total. The van der Waals surface area contributed by atoms with Gasteiger partial charge in [0.25, 0.3) is 0 Å². The van der Waals surface area contributed by atoms with Crippen LogP contribution < -0.4 is 10.6 Å². The number of pyridine rings is 1. The predicted molar refractivity (Wildman–Crippen MR) is 66.9 cm³/mol. The Bertz CT molecular complexity index is 460. The number of aromatic nitrogens is 1. The van der Waals surface area contributed by atoms with E-state index >= 15 is 0 Å². The van der Waals surface area contributed by atoms with Crippen molar-refractivity contribution in [3.05, 3.63) is 18.5 Å². The molecule has 2 atom stereocenters. The second-order valence-corrected chi connectivity index (χ2v) is 5.28. The molecule has 1 amide bonds. The van der Waals surface area contributed by atoms with Crippen LogP contribution in [0.15, 0.2) is 18.5 Å². The number of carbonyl (C=O) groups excluding carboxylic acids is 1. The number of anilines is 2. The number of nitrogens with zero attached hydrogens (tertiary/aromatic N) is 1. The van der Waals surface area contributed by atoms with Gasteiger partial charge in [0.15, 0.2) is 0 Å². The van der Waals surface area contributed by atoms with Crippen molar-refractivity contribution in [3.8, 4) is 0 Å². The lowest BCUT2D eigenvalue weighted by molar-refractivity contribution is -0.122. The van der Waals surface area contributed by atoms with Crippen LogP contribution in [0.1, 0.15) is 32.6 Å². The van der Waals surface area contributed by atoms with Crippen LogP contribution in [0.5, 0.6) is 0 Å². The summed E-state index contributed by atoms with van der Waals surface area (Å²) >= 11 is 0. The molecule has 1 aromatic heterocycles. The van der Waals surface area contributed by atoms with Gasteiger partial charge in [0, 0.05) is 6.20 Å². The molecule has 0 saturated heterocycles. The number of amides is 1. The van der Waals surface area contributed by atoms with Gasteiger partial charge in [-0.2, -0.15) is 0 Å². The second kappa shape index (κ2) is 3.72. The number of fused-ring (bicyclic) bond motifs is 1. The molecule has 1 fully saturated rings. The monoisotopic (exact) mass is 231 g/mol. The summed E-state index contributed by atoms with van der Waals surface area (Å²) in [6.07, 6.45) is 7.62. The lowest BCUT2D eigenvalue weighted by Gasteiger charge is -2.43. The van der Waals surface area contributed by atoms with Crippen molar-refractivity contribution in [3.63, 3.8) is 0 Å². The minimum absolute atomic E-state index is 0.101. The molecule has 1 spiro atoms. The van der Waals surface area contributed by atoms with Crippen molar-refractivity contribution in [2.24, 2.45) is 5.92 Å². The van der Waals surface area contributed by atoms with Crippen LogP contribution in [0.25, 0.3) is 0 Å². The third-order valence-electron chi connectivity index (χ3n) is 3.88. The summed E-state index contributed by atoms with van der Waals surface area (Å²) in [6, 6.07) is 1.93. The van der Waals surface area contributed by atoms with Gasteiger partial charge in [0.1, 0.15) is 5.54 Å². The first kappa shape index (κ1) is 10.6. The molecule has 1 aliphatic carbocycles. The van der Waals surface area contributed by atoms with E-state index < -0.39 is 5.54 Å². The van der Waals surface area contributed by atoms with Crippen LogP contribution in [-0.2, 0) is 4.79 Å². The van der Waals surface area contributed by atoms with E-state index in [1.54, 1.807) is 12.4 Å². The minimum Gasteiger partial charge on any atom is -0.369 e. The van der Waals surface area contributed by atoms with Crippen LogP contribution >= 0.6 is 0 Å². The first-order valence-corrected chi connectivity index (χ1v) is 6.23. The highest BCUT2D eigenvalue weighted by Gasteiger charge is 2.44. The van der Waals surface area contributed by atoms with Gasteiger partial charge in [-0.15, -0.1) is 0 Å². The molecule has 3 rings (SSSR count). The molecule has 4 nitrogen and oxygen atoms in total. The van der Waals surface area contributed by atoms with Crippen LogP contribution in [0.4, 0.5) is 11.4 Å². The highest BCUT2D eigenvalue weighted by atomic mass is 16.2. The van der Waals surface area contributed by atoms with E-state index in [1.165, 1.54) is 6.42 Å². The quantitative estimate of drug-likeness (QED) is 0.721. The fourth-order valence-corrected chi connectivity index (χ4v) is 3.03. The Balaban J connectivity index is 1.96. The van der Waals surface area contributed by atoms with E-state index in [-0.39, 0.29) is 5.91 Å². The molecule has 2 unspecified atom stereocenters. The molecule has 1 aliphatic heterocycles. The van der Waals surface area contributed by atoms with Gasteiger partial charge in [-0.05, 0) is 24.8 Å². The Hall–Kier alpha value is -1.58. The first-order valence-electron chi connectivity index (χ1n) is 6.23. The zero-order valence-corrected chi connectivity index (χ0v) is 9.99.